The highest BCUT2D eigenvalue weighted by molar-refractivity contribution is 6.33. The number of halogens is 1. The minimum Gasteiger partial charge on any atom is -0.437 e. The molecule has 1 heterocycles. The Kier molecular flexibility index (Phi) is 4.26. The van der Waals surface area contributed by atoms with Crippen LogP contribution in [0.25, 0.3) is 0 Å². The van der Waals surface area contributed by atoms with Gasteiger partial charge in [0.1, 0.15) is 16.8 Å². The molecule has 3 nitrogen and oxygen atoms in total. The summed E-state index contributed by atoms with van der Waals surface area (Å²) in [7, 11) is 0. The summed E-state index contributed by atoms with van der Waals surface area (Å²) in [4.78, 5) is 4.09. The highest BCUT2D eigenvalue weighted by Gasteiger charge is 2.12. The lowest BCUT2D eigenvalue weighted by Gasteiger charge is -2.12. The van der Waals surface area contributed by atoms with Crippen molar-refractivity contribution >= 4 is 11.6 Å². The molecule has 0 aliphatic carbocycles. The summed E-state index contributed by atoms with van der Waals surface area (Å²) in [6.45, 7) is 6.20. The summed E-state index contributed by atoms with van der Waals surface area (Å²) in [5.41, 5.74) is 2.53. The van der Waals surface area contributed by atoms with Crippen LogP contribution < -0.4 is 4.74 Å². The van der Waals surface area contributed by atoms with Gasteiger partial charge in [-0.3, -0.25) is 0 Å². The predicted octanol–water partition coefficient (Wildman–Crippen LogP) is 4.83. The molecule has 0 radical (unpaired) electrons. The maximum Gasteiger partial charge on any atom is 0.239 e. The topological polar surface area (TPSA) is 45.9 Å². The van der Waals surface area contributed by atoms with Gasteiger partial charge >= 0.3 is 0 Å². The van der Waals surface area contributed by atoms with Gasteiger partial charge in [-0.1, -0.05) is 37.6 Å². The highest BCUT2D eigenvalue weighted by atomic mass is 35.5. The van der Waals surface area contributed by atoms with Gasteiger partial charge in [0, 0.05) is 6.20 Å². The Bertz CT molecular complexity index is 675. The molecular formula is C16H15ClN2O. The zero-order valence-corrected chi connectivity index (χ0v) is 12.4. The minimum absolute atomic E-state index is 0.240. The van der Waals surface area contributed by atoms with Crippen LogP contribution in [0, 0.1) is 18.3 Å². The summed E-state index contributed by atoms with van der Waals surface area (Å²) >= 11 is 6.10. The third-order valence-corrected chi connectivity index (χ3v) is 3.43. The molecule has 102 valence electrons. The Morgan fingerprint density at radius 2 is 2.05 bits per heavy atom. The number of pyridine rings is 1. The Hall–Kier alpha value is -2.05. The Labute approximate surface area is 123 Å². The van der Waals surface area contributed by atoms with Crippen LogP contribution in [0.4, 0.5) is 0 Å². The molecule has 20 heavy (non-hydrogen) atoms. The van der Waals surface area contributed by atoms with Crippen molar-refractivity contribution in [2.45, 2.75) is 26.7 Å². The summed E-state index contributed by atoms with van der Waals surface area (Å²) in [5, 5.41) is 9.20. The van der Waals surface area contributed by atoms with Gasteiger partial charge in [0.05, 0.1) is 5.56 Å². The average Bonchev–Trinajstić information content (AvgIpc) is 2.43. The molecule has 2 rings (SSSR count). The third kappa shape index (κ3) is 2.92. The van der Waals surface area contributed by atoms with Crippen molar-refractivity contribution in [2.24, 2.45) is 0 Å². The number of rotatable bonds is 3. The summed E-state index contributed by atoms with van der Waals surface area (Å²) in [6, 6.07) is 9.64. The van der Waals surface area contributed by atoms with Crippen LogP contribution >= 0.6 is 11.6 Å². The van der Waals surface area contributed by atoms with E-state index in [-0.39, 0.29) is 10.9 Å². The van der Waals surface area contributed by atoms with Crippen molar-refractivity contribution in [3.8, 4) is 17.7 Å². The summed E-state index contributed by atoms with van der Waals surface area (Å²) in [6.07, 6.45) is 1.52. The molecule has 0 spiro atoms. The molecule has 0 aliphatic rings. The number of aryl methyl sites for hydroxylation is 1. The quantitative estimate of drug-likeness (QED) is 0.812. The monoisotopic (exact) mass is 286 g/mol. The lowest BCUT2D eigenvalue weighted by atomic mass is 10.0. The molecule has 1 aromatic carbocycles. The van der Waals surface area contributed by atoms with Crippen LogP contribution in [-0.4, -0.2) is 4.98 Å². The molecule has 0 bridgehead atoms. The summed E-state index contributed by atoms with van der Waals surface area (Å²) < 4.78 is 5.78. The second-order valence-corrected chi connectivity index (χ2v) is 5.25. The number of nitrogens with zero attached hydrogens (tertiary/aromatic N) is 2. The van der Waals surface area contributed by atoms with E-state index in [1.54, 1.807) is 6.07 Å². The maximum atomic E-state index is 8.96. The number of ether oxygens (including phenoxy) is 1. The van der Waals surface area contributed by atoms with E-state index in [0.717, 1.165) is 5.56 Å². The molecule has 0 unspecified atom stereocenters. The van der Waals surface area contributed by atoms with Crippen molar-refractivity contribution in [1.29, 1.82) is 5.26 Å². The fourth-order valence-corrected chi connectivity index (χ4v) is 1.96. The van der Waals surface area contributed by atoms with Gasteiger partial charge < -0.3 is 4.74 Å². The van der Waals surface area contributed by atoms with Crippen LogP contribution in [0.5, 0.6) is 11.6 Å². The fourth-order valence-electron chi connectivity index (χ4n) is 1.77. The molecule has 4 heteroatoms. The number of hydrogen-bond donors (Lipinski definition) is 0. The van der Waals surface area contributed by atoms with Crippen molar-refractivity contribution in [3.05, 3.63) is 52.2 Å². The van der Waals surface area contributed by atoms with Crippen molar-refractivity contribution in [1.82, 2.24) is 4.98 Å². The van der Waals surface area contributed by atoms with Gasteiger partial charge in [0.25, 0.3) is 0 Å². The molecule has 1 aromatic heterocycles. The van der Waals surface area contributed by atoms with Gasteiger partial charge in [0.2, 0.25) is 5.88 Å². The van der Waals surface area contributed by atoms with Crippen molar-refractivity contribution in [2.75, 3.05) is 0 Å². The average molecular weight is 287 g/mol. The van der Waals surface area contributed by atoms with Gasteiger partial charge in [-0.05, 0) is 36.1 Å². The third-order valence-electron chi connectivity index (χ3n) is 3.06. The molecule has 0 fully saturated rings. The Morgan fingerprint density at radius 3 is 2.70 bits per heavy atom. The molecule has 0 amide bonds. The Morgan fingerprint density at radius 1 is 1.30 bits per heavy atom. The molecule has 2 aromatic rings. The van der Waals surface area contributed by atoms with Crippen LogP contribution in [0.1, 0.15) is 36.5 Å². The molecule has 0 atom stereocenters. The van der Waals surface area contributed by atoms with Gasteiger partial charge in [-0.2, -0.15) is 5.26 Å². The van der Waals surface area contributed by atoms with Crippen molar-refractivity contribution < 1.29 is 4.74 Å². The van der Waals surface area contributed by atoms with Crippen LogP contribution in [0.2, 0.25) is 5.02 Å². The molecule has 0 saturated heterocycles. The molecular weight excluding hydrogens is 272 g/mol. The van der Waals surface area contributed by atoms with Crippen LogP contribution in [0.3, 0.4) is 0 Å². The van der Waals surface area contributed by atoms with E-state index in [4.69, 9.17) is 21.6 Å². The molecule has 0 aliphatic heterocycles. The first-order chi connectivity index (χ1) is 9.52. The van der Waals surface area contributed by atoms with Crippen molar-refractivity contribution in [3.63, 3.8) is 0 Å². The van der Waals surface area contributed by atoms with E-state index in [1.807, 2.05) is 25.1 Å². The standard InChI is InChI=1S/C16H15ClN2O/c1-10(2)12-5-4-11(3)14(8-12)20-16-15(17)13(9-18)6-7-19-16/h4-8,10H,1-3H3. The lowest BCUT2D eigenvalue weighted by Crippen LogP contribution is -1.95. The normalized spacial score (nSPS) is 10.4. The Balaban J connectivity index is 2.40. The van der Waals surface area contributed by atoms with E-state index < -0.39 is 0 Å². The minimum atomic E-state index is 0.240. The molecule has 0 N–H and O–H groups in total. The van der Waals surface area contributed by atoms with Crippen LogP contribution in [-0.2, 0) is 0 Å². The first-order valence-electron chi connectivity index (χ1n) is 6.36. The second-order valence-electron chi connectivity index (χ2n) is 4.87. The zero-order chi connectivity index (χ0) is 14.7. The van der Waals surface area contributed by atoms with Gasteiger partial charge in [0.15, 0.2) is 0 Å². The highest BCUT2D eigenvalue weighted by Crippen LogP contribution is 2.32. The maximum absolute atomic E-state index is 8.96. The smallest absolute Gasteiger partial charge is 0.239 e. The SMILES string of the molecule is Cc1ccc(C(C)C)cc1Oc1nccc(C#N)c1Cl. The summed E-state index contributed by atoms with van der Waals surface area (Å²) in [5.74, 6) is 1.38. The van der Waals surface area contributed by atoms with E-state index in [9.17, 15) is 0 Å². The first kappa shape index (κ1) is 14.4. The van der Waals surface area contributed by atoms with Crippen LogP contribution in [0.15, 0.2) is 30.5 Å². The van der Waals surface area contributed by atoms with E-state index in [1.165, 1.54) is 11.8 Å². The number of aromatic nitrogens is 1. The van der Waals surface area contributed by atoms with Gasteiger partial charge in [-0.15, -0.1) is 0 Å². The number of hydrogen-bond acceptors (Lipinski definition) is 3. The lowest BCUT2D eigenvalue weighted by molar-refractivity contribution is 0.458. The second kappa shape index (κ2) is 5.94. The van der Waals surface area contributed by atoms with E-state index in [0.29, 0.717) is 17.2 Å². The van der Waals surface area contributed by atoms with Gasteiger partial charge in [-0.25, -0.2) is 4.98 Å². The molecule has 0 saturated carbocycles. The predicted molar refractivity (Wildman–Crippen MR) is 79.3 cm³/mol. The van der Waals surface area contributed by atoms with E-state index in [2.05, 4.69) is 24.9 Å². The number of nitriles is 1. The number of benzene rings is 1. The van der Waals surface area contributed by atoms with E-state index >= 15 is 0 Å². The first-order valence-corrected chi connectivity index (χ1v) is 6.73. The zero-order valence-electron chi connectivity index (χ0n) is 11.6. The fraction of sp³-hybridized carbons (Fsp3) is 0.250. The largest absolute Gasteiger partial charge is 0.437 e.